The molecule has 5 heteroatoms. The molecule has 1 saturated carbocycles. The van der Waals surface area contributed by atoms with Gasteiger partial charge in [-0.05, 0) is 38.0 Å². The first-order valence-electron chi connectivity index (χ1n) is 8.38. The minimum Gasteiger partial charge on any atom is -0.341 e. The van der Waals surface area contributed by atoms with E-state index in [-0.39, 0.29) is 23.8 Å². The van der Waals surface area contributed by atoms with Gasteiger partial charge in [-0.25, -0.2) is 0 Å². The molecule has 0 bridgehead atoms. The highest BCUT2D eigenvalue weighted by molar-refractivity contribution is 5.89. The van der Waals surface area contributed by atoms with Gasteiger partial charge in [0.05, 0.1) is 5.92 Å². The summed E-state index contributed by atoms with van der Waals surface area (Å²) in [4.78, 5) is 28.6. The van der Waals surface area contributed by atoms with E-state index in [0.29, 0.717) is 25.6 Å². The molecule has 5 nitrogen and oxygen atoms in total. The third kappa shape index (κ3) is 3.07. The van der Waals surface area contributed by atoms with E-state index in [1.807, 2.05) is 9.80 Å². The Kier molecular flexibility index (Phi) is 4.20. The highest BCUT2D eigenvalue weighted by atomic mass is 16.2. The summed E-state index contributed by atoms with van der Waals surface area (Å²) in [5.41, 5.74) is 5.87. The minimum absolute atomic E-state index is 0.113. The van der Waals surface area contributed by atoms with Gasteiger partial charge in [-0.1, -0.05) is 6.92 Å². The number of hydrogen-bond acceptors (Lipinski definition) is 3. The lowest BCUT2D eigenvalue weighted by Crippen LogP contribution is -2.41. The molecule has 21 heavy (non-hydrogen) atoms. The zero-order valence-electron chi connectivity index (χ0n) is 13.0. The van der Waals surface area contributed by atoms with Crippen molar-refractivity contribution in [2.45, 2.75) is 57.5 Å². The molecule has 2 aliphatic heterocycles. The molecule has 2 N–H and O–H groups in total. The molecular formula is C16H27N3O2. The zero-order chi connectivity index (χ0) is 15.0. The summed E-state index contributed by atoms with van der Waals surface area (Å²) in [5.74, 6) is 0.962. The van der Waals surface area contributed by atoms with Crippen molar-refractivity contribution in [2.24, 2.45) is 17.6 Å². The summed E-state index contributed by atoms with van der Waals surface area (Å²) in [6, 6.07) is 0.481. The molecule has 118 valence electrons. The highest BCUT2D eigenvalue weighted by Gasteiger charge is 2.41. The smallest absolute Gasteiger partial charge is 0.228 e. The van der Waals surface area contributed by atoms with Crippen LogP contribution in [0.4, 0.5) is 0 Å². The Bertz CT molecular complexity index is 418. The summed E-state index contributed by atoms with van der Waals surface area (Å²) >= 11 is 0. The molecule has 2 heterocycles. The van der Waals surface area contributed by atoms with Crippen LogP contribution in [0.25, 0.3) is 0 Å². The van der Waals surface area contributed by atoms with Gasteiger partial charge in [0.1, 0.15) is 0 Å². The Morgan fingerprint density at radius 3 is 2.48 bits per heavy atom. The monoisotopic (exact) mass is 293 g/mol. The maximum Gasteiger partial charge on any atom is 0.228 e. The van der Waals surface area contributed by atoms with Crippen LogP contribution in [0.3, 0.4) is 0 Å². The maximum absolute atomic E-state index is 12.5. The SMILES string of the molecule is CC1CCC(N2CC(C(=O)N3CC[C@@H](N)C3)CC2=O)CC1. The van der Waals surface area contributed by atoms with E-state index in [4.69, 9.17) is 5.73 Å². The number of rotatable bonds is 2. The van der Waals surface area contributed by atoms with Crippen molar-refractivity contribution in [3.63, 3.8) is 0 Å². The molecule has 0 aromatic heterocycles. The average Bonchev–Trinajstić information content (AvgIpc) is 3.05. The van der Waals surface area contributed by atoms with E-state index in [2.05, 4.69) is 6.92 Å². The van der Waals surface area contributed by atoms with E-state index < -0.39 is 0 Å². The van der Waals surface area contributed by atoms with Crippen LogP contribution < -0.4 is 5.73 Å². The molecule has 0 spiro atoms. The van der Waals surface area contributed by atoms with Gasteiger partial charge < -0.3 is 15.5 Å². The van der Waals surface area contributed by atoms with Crippen molar-refractivity contribution in [2.75, 3.05) is 19.6 Å². The Morgan fingerprint density at radius 2 is 1.86 bits per heavy atom. The number of amides is 2. The molecule has 2 saturated heterocycles. The van der Waals surface area contributed by atoms with Crippen molar-refractivity contribution >= 4 is 11.8 Å². The van der Waals surface area contributed by atoms with Gasteiger partial charge in [0.15, 0.2) is 0 Å². The molecule has 2 amide bonds. The fourth-order valence-corrected chi connectivity index (χ4v) is 4.05. The molecule has 3 fully saturated rings. The first kappa shape index (κ1) is 14.8. The predicted octanol–water partition coefficient (Wildman–Crippen LogP) is 0.973. The van der Waals surface area contributed by atoms with Gasteiger partial charge in [0, 0.05) is 38.1 Å². The van der Waals surface area contributed by atoms with Gasteiger partial charge >= 0.3 is 0 Å². The van der Waals surface area contributed by atoms with E-state index in [1.54, 1.807) is 0 Å². The summed E-state index contributed by atoms with van der Waals surface area (Å²) in [6.07, 6.45) is 5.89. The predicted molar refractivity (Wildman–Crippen MR) is 80.4 cm³/mol. The van der Waals surface area contributed by atoms with Crippen LogP contribution in [-0.4, -0.2) is 53.3 Å². The second-order valence-electron chi connectivity index (χ2n) is 7.19. The maximum atomic E-state index is 12.5. The van der Waals surface area contributed by atoms with Crippen LogP contribution in [0.1, 0.15) is 45.4 Å². The lowest BCUT2D eigenvalue weighted by atomic mass is 9.86. The van der Waals surface area contributed by atoms with Crippen molar-refractivity contribution in [1.82, 2.24) is 9.80 Å². The number of hydrogen-bond donors (Lipinski definition) is 1. The molecule has 0 radical (unpaired) electrons. The standard InChI is InChI=1S/C16H27N3O2/c1-11-2-4-14(5-3-11)19-9-12(8-15(19)20)16(21)18-7-6-13(17)10-18/h11-14H,2-10,17H2,1H3/t11?,12?,13-,14?/m1/s1. The lowest BCUT2D eigenvalue weighted by molar-refractivity contribution is -0.135. The van der Waals surface area contributed by atoms with Crippen LogP contribution in [-0.2, 0) is 9.59 Å². The van der Waals surface area contributed by atoms with Crippen LogP contribution in [0.5, 0.6) is 0 Å². The van der Waals surface area contributed by atoms with Crippen molar-refractivity contribution in [3.05, 3.63) is 0 Å². The van der Waals surface area contributed by atoms with Gasteiger partial charge in [-0.3, -0.25) is 9.59 Å². The zero-order valence-corrected chi connectivity index (χ0v) is 13.0. The molecule has 3 aliphatic rings. The van der Waals surface area contributed by atoms with Gasteiger partial charge in [-0.2, -0.15) is 0 Å². The van der Waals surface area contributed by atoms with Crippen LogP contribution >= 0.6 is 0 Å². The van der Waals surface area contributed by atoms with E-state index in [9.17, 15) is 9.59 Å². The summed E-state index contributed by atoms with van der Waals surface area (Å²) in [5, 5.41) is 0. The van der Waals surface area contributed by atoms with Crippen LogP contribution in [0.15, 0.2) is 0 Å². The van der Waals surface area contributed by atoms with Gasteiger partial charge in [-0.15, -0.1) is 0 Å². The lowest BCUT2D eigenvalue weighted by Gasteiger charge is -2.33. The number of carbonyl (C=O) groups excluding carboxylic acids is 2. The third-order valence-electron chi connectivity index (χ3n) is 5.47. The number of nitrogens with zero attached hydrogens (tertiary/aromatic N) is 2. The van der Waals surface area contributed by atoms with E-state index in [0.717, 1.165) is 31.7 Å². The van der Waals surface area contributed by atoms with Crippen LogP contribution in [0, 0.1) is 11.8 Å². The molecule has 3 rings (SSSR count). The fraction of sp³-hybridized carbons (Fsp3) is 0.875. The number of nitrogens with two attached hydrogens (primary N) is 1. The fourth-order valence-electron chi connectivity index (χ4n) is 4.05. The summed E-state index contributed by atoms with van der Waals surface area (Å²) in [6.45, 7) is 4.32. The number of likely N-dealkylation sites (tertiary alicyclic amines) is 2. The molecule has 1 aliphatic carbocycles. The largest absolute Gasteiger partial charge is 0.341 e. The second-order valence-corrected chi connectivity index (χ2v) is 7.19. The molecule has 0 aromatic rings. The molecule has 0 aromatic carbocycles. The number of carbonyl (C=O) groups is 2. The third-order valence-corrected chi connectivity index (χ3v) is 5.47. The minimum atomic E-state index is -0.137. The Morgan fingerprint density at radius 1 is 1.14 bits per heavy atom. The Balaban J connectivity index is 1.58. The van der Waals surface area contributed by atoms with E-state index >= 15 is 0 Å². The second kappa shape index (κ2) is 5.95. The van der Waals surface area contributed by atoms with Gasteiger partial charge in [0.25, 0.3) is 0 Å². The first-order chi connectivity index (χ1) is 10.0. The van der Waals surface area contributed by atoms with Gasteiger partial charge in [0.2, 0.25) is 11.8 Å². The quantitative estimate of drug-likeness (QED) is 0.825. The average molecular weight is 293 g/mol. The Labute approximate surface area is 126 Å². The molecule has 2 atom stereocenters. The van der Waals surface area contributed by atoms with Crippen molar-refractivity contribution in [3.8, 4) is 0 Å². The van der Waals surface area contributed by atoms with E-state index in [1.165, 1.54) is 12.8 Å². The summed E-state index contributed by atoms with van der Waals surface area (Å²) < 4.78 is 0. The van der Waals surface area contributed by atoms with Crippen molar-refractivity contribution in [1.29, 1.82) is 0 Å². The molecular weight excluding hydrogens is 266 g/mol. The highest BCUT2D eigenvalue weighted by Crippen LogP contribution is 2.32. The van der Waals surface area contributed by atoms with Crippen molar-refractivity contribution < 1.29 is 9.59 Å². The Hall–Kier alpha value is -1.10. The topological polar surface area (TPSA) is 66.6 Å². The summed E-state index contributed by atoms with van der Waals surface area (Å²) in [7, 11) is 0. The normalized spacial score (nSPS) is 37.3. The first-order valence-corrected chi connectivity index (χ1v) is 8.38. The van der Waals surface area contributed by atoms with Crippen LogP contribution in [0.2, 0.25) is 0 Å². The molecule has 1 unspecified atom stereocenters.